The summed E-state index contributed by atoms with van der Waals surface area (Å²) in [4.78, 5) is 32.5. The van der Waals surface area contributed by atoms with Gasteiger partial charge in [-0.2, -0.15) is 0 Å². The third kappa shape index (κ3) is 4.14. The highest BCUT2D eigenvalue weighted by atomic mass is 32.1. The van der Waals surface area contributed by atoms with Crippen LogP contribution >= 0.6 is 22.7 Å². The Kier molecular flexibility index (Phi) is 6.90. The number of rotatable bonds is 7. The van der Waals surface area contributed by atoms with Crippen LogP contribution < -0.4 is 29.1 Å². The zero-order valence-corrected chi connectivity index (χ0v) is 21.0. The van der Waals surface area contributed by atoms with Crippen molar-refractivity contribution in [1.29, 1.82) is 0 Å². The summed E-state index contributed by atoms with van der Waals surface area (Å²) < 4.78 is 23.6. The van der Waals surface area contributed by atoms with Gasteiger partial charge in [-0.25, -0.2) is 9.79 Å². The average molecular weight is 501 g/mol. The number of carbonyl (C=O) groups excluding carboxylic acids is 1. The van der Waals surface area contributed by atoms with Crippen molar-refractivity contribution in [2.24, 2.45) is 4.99 Å². The Morgan fingerprint density at radius 3 is 2.47 bits per heavy atom. The van der Waals surface area contributed by atoms with Crippen molar-refractivity contribution in [1.82, 2.24) is 4.57 Å². The van der Waals surface area contributed by atoms with Gasteiger partial charge in [0.1, 0.15) is 11.8 Å². The molecular weight excluding hydrogens is 476 g/mol. The van der Waals surface area contributed by atoms with E-state index in [0.717, 1.165) is 4.88 Å². The maximum Gasteiger partial charge on any atom is 0.338 e. The molecule has 2 aromatic heterocycles. The van der Waals surface area contributed by atoms with Crippen LogP contribution in [-0.4, -0.2) is 38.5 Å². The fourth-order valence-corrected chi connectivity index (χ4v) is 5.68. The number of methoxy groups -OCH3 is 3. The molecule has 3 aromatic rings. The summed E-state index contributed by atoms with van der Waals surface area (Å²) in [6, 6.07) is 6.65. The second-order valence-corrected chi connectivity index (χ2v) is 9.26. The smallest absolute Gasteiger partial charge is 0.338 e. The van der Waals surface area contributed by atoms with Gasteiger partial charge in [0.25, 0.3) is 5.56 Å². The topological polar surface area (TPSA) is 88.4 Å². The molecule has 0 saturated carbocycles. The lowest BCUT2D eigenvalue weighted by Crippen LogP contribution is -2.39. The molecule has 0 radical (unpaired) electrons. The molecule has 0 spiro atoms. The van der Waals surface area contributed by atoms with E-state index in [9.17, 15) is 9.59 Å². The molecule has 4 rings (SSSR count). The normalized spacial score (nSPS) is 15.6. The van der Waals surface area contributed by atoms with E-state index in [0.29, 0.717) is 43.4 Å². The Bertz CT molecular complexity index is 1430. The summed E-state index contributed by atoms with van der Waals surface area (Å²) in [5.74, 6) is 1.09. The van der Waals surface area contributed by atoms with Crippen LogP contribution in [0.4, 0.5) is 0 Å². The molecule has 0 fully saturated rings. The van der Waals surface area contributed by atoms with E-state index >= 15 is 0 Å². The molecule has 8 nitrogen and oxygen atoms in total. The molecule has 10 heteroatoms. The van der Waals surface area contributed by atoms with Crippen LogP contribution in [0.1, 0.15) is 30.3 Å². The van der Waals surface area contributed by atoms with Crippen molar-refractivity contribution in [2.45, 2.75) is 19.9 Å². The number of nitrogens with zero attached hydrogens (tertiary/aromatic N) is 2. The third-order valence-corrected chi connectivity index (χ3v) is 7.26. The summed E-state index contributed by atoms with van der Waals surface area (Å²) in [5, 5.41) is 1.91. The van der Waals surface area contributed by atoms with Gasteiger partial charge in [-0.3, -0.25) is 9.36 Å². The van der Waals surface area contributed by atoms with Crippen LogP contribution in [-0.2, 0) is 9.53 Å². The number of hydrogen-bond acceptors (Lipinski definition) is 9. The maximum absolute atomic E-state index is 13.6. The van der Waals surface area contributed by atoms with E-state index in [1.807, 2.05) is 17.5 Å². The van der Waals surface area contributed by atoms with Crippen LogP contribution in [0.2, 0.25) is 0 Å². The van der Waals surface area contributed by atoms with Crippen molar-refractivity contribution in [3.8, 4) is 17.2 Å². The molecule has 0 bridgehead atoms. The Balaban J connectivity index is 1.94. The number of fused-ring (bicyclic) bond motifs is 1. The number of thiazole rings is 1. The first-order chi connectivity index (χ1) is 16.4. The predicted molar refractivity (Wildman–Crippen MR) is 131 cm³/mol. The zero-order chi connectivity index (χ0) is 24.4. The number of thiophene rings is 1. The first-order valence-corrected chi connectivity index (χ1v) is 12.2. The van der Waals surface area contributed by atoms with E-state index < -0.39 is 12.0 Å². The van der Waals surface area contributed by atoms with Gasteiger partial charge in [-0.15, -0.1) is 11.3 Å². The molecular formula is C24H24N2O6S2. The lowest BCUT2D eigenvalue weighted by Gasteiger charge is -2.23. The lowest BCUT2D eigenvalue weighted by molar-refractivity contribution is -0.139. The summed E-state index contributed by atoms with van der Waals surface area (Å²) in [5.41, 5.74) is 1.30. The van der Waals surface area contributed by atoms with Gasteiger partial charge in [0.15, 0.2) is 16.3 Å². The highest BCUT2D eigenvalue weighted by Crippen LogP contribution is 2.35. The minimum Gasteiger partial charge on any atom is -0.496 e. The number of hydrogen-bond donors (Lipinski definition) is 0. The molecule has 0 unspecified atom stereocenters. The largest absolute Gasteiger partial charge is 0.496 e. The summed E-state index contributed by atoms with van der Waals surface area (Å²) in [6.07, 6.45) is 1.74. The highest BCUT2D eigenvalue weighted by Gasteiger charge is 2.33. The minimum absolute atomic E-state index is 0.232. The lowest BCUT2D eigenvalue weighted by atomic mass is 10.0. The quantitative estimate of drug-likeness (QED) is 0.464. The second kappa shape index (κ2) is 9.86. The standard InChI is InChI=1S/C24H24N2O6S2/c1-6-32-23(28)20-13(2)25-24-26(21(20)18-8-7-9-33-18)22(27)19(34-24)11-14-10-16(30-4)17(31-5)12-15(14)29-3/h7-12,21H,6H2,1-5H3/b19-11+/t21-/m1/s1. The van der Waals surface area contributed by atoms with Crippen molar-refractivity contribution >= 4 is 34.7 Å². The maximum atomic E-state index is 13.6. The van der Waals surface area contributed by atoms with Gasteiger partial charge in [0.2, 0.25) is 0 Å². The molecule has 1 aromatic carbocycles. The van der Waals surface area contributed by atoms with Crippen molar-refractivity contribution in [3.05, 3.63) is 71.0 Å². The molecule has 178 valence electrons. The minimum atomic E-state index is -0.607. The van der Waals surface area contributed by atoms with Crippen LogP contribution in [0.15, 0.2) is 50.7 Å². The third-order valence-electron chi connectivity index (χ3n) is 5.35. The highest BCUT2D eigenvalue weighted by molar-refractivity contribution is 7.10. The molecule has 1 aliphatic rings. The molecule has 1 atom stereocenters. The second-order valence-electron chi connectivity index (χ2n) is 7.27. The van der Waals surface area contributed by atoms with E-state index in [-0.39, 0.29) is 12.2 Å². The molecule has 0 N–H and O–H groups in total. The fourth-order valence-electron chi connectivity index (χ4n) is 3.81. The number of allylic oxidation sites excluding steroid dienone is 1. The Morgan fingerprint density at radius 2 is 1.85 bits per heavy atom. The predicted octanol–water partition coefficient (Wildman–Crippen LogP) is 2.89. The van der Waals surface area contributed by atoms with Crippen LogP contribution in [0.25, 0.3) is 6.08 Å². The fraction of sp³-hybridized carbons (Fsp3) is 0.292. The summed E-state index contributed by atoms with van der Waals surface area (Å²) in [7, 11) is 4.64. The SMILES string of the molecule is CCOC(=O)C1=C(C)N=c2s/c(=C/c3cc(OC)c(OC)cc3OC)c(=O)n2[C@@H]1c1cccs1. The van der Waals surface area contributed by atoms with Gasteiger partial charge >= 0.3 is 5.97 Å². The molecule has 34 heavy (non-hydrogen) atoms. The molecule has 3 heterocycles. The zero-order valence-electron chi connectivity index (χ0n) is 19.4. The Labute approximate surface area is 204 Å². The van der Waals surface area contributed by atoms with Crippen molar-refractivity contribution < 1.29 is 23.7 Å². The number of aromatic nitrogens is 1. The van der Waals surface area contributed by atoms with Gasteiger partial charge in [-0.05, 0) is 37.4 Å². The van der Waals surface area contributed by atoms with Gasteiger partial charge in [-0.1, -0.05) is 17.4 Å². The van der Waals surface area contributed by atoms with E-state index in [1.165, 1.54) is 22.7 Å². The first-order valence-electron chi connectivity index (χ1n) is 10.5. The van der Waals surface area contributed by atoms with E-state index in [1.54, 1.807) is 58.0 Å². The molecule has 0 aliphatic carbocycles. The van der Waals surface area contributed by atoms with E-state index in [4.69, 9.17) is 18.9 Å². The van der Waals surface area contributed by atoms with Crippen LogP contribution in [0, 0.1) is 0 Å². The van der Waals surface area contributed by atoms with Crippen LogP contribution in [0.3, 0.4) is 0 Å². The monoisotopic (exact) mass is 500 g/mol. The molecule has 0 amide bonds. The molecule has 0 saturated heterocycles. The van der Waals surface area contributed by atoms with Crippen LogP contribution in [0.5, 0.6) is 17.2 Å². The van der Waals surface area contributed by atoms with Gasteiger partial charge in [0.05, 0.1) is 43.7 Å². The van der Waals surface area contributed by atoms with Crippen molar-refractivity contribution in [3.63, 3.8) is 0 Å². The Morgan fingerprint density at radius 1 is 1.15 bits per heavy atom. The van der Waals surface area contributed by atoms with Crippen molar-refractivity contribution in [2.75, 3.05) is 27.9 Å². The number of benzene rings is 1. The van der Waals surface area contributed by atoms with Gasteiger partial charge in [0, 0.05) is 16.5 Å². The number of ether oxygens (including phenoxy) is 4. The van der Waals surface area contributed by atoms with E-state index in [2.05, 4.69) is 4.99 Å². The van der Waals surface area contributed by atoms with Gasteiger partial charge < -0.3 is 18.9 Å². The number of esters is 1. The average Bonchev–Trinajstić information content (AvgIpc) is 3.46. The summed E-state index contributed by atoms with van der Waals surface area (Å²) >= 11 is 2.72. The first kappa shape index (κ1) is 23.8. The number of carbonyl (C=O) groups is 1. The Hall–Kier alpha value is -3.37. The summed E-state index contributed by atoms with van der Waals surface area (Å²) in [6.45, 7) is 3.75. The molecule has 1 aliphatic heterocycles.